The second kappa shape index (κ2) is 11.1. The summed E-state index contributed by atoms with van der Waals surface area (Å²) in [4.78, 5) is 3.76. The first kappa shape index (κ1) is 30.4. The fourth-order valence-corrected chi connectivity index (χ4v) is 8.34. The van der Waals surface area contributed by atoms with Gasteiger partial charge in [0.05, 0.1) is 45.5 Å². The Balaban J connectivity index is 1.44. The summed E-state index contributed by atoms with van der Waals surface area (Å²) < 4.78 is 84.8. The Morgan fingerprint density at radius 3 is 2.45 bits per heavy atom. The third-order valence-electron chi connectivity index (χ3n) is 8.92. The number of sulfonamides is 1. The van der Waals surface area contributed by atoms with Crippen LogP contribution in [0, 0.1) is 17.1 Å². The molecule has 3 aromatic carbocycles. The molecule has 0 unspecified atom stereocenters. The van der Waals surface area contributed by atoms with Crippen molar-refractivity contribution in [2.75, 3.05) is 35.4 Å². The van der Waals surface area contributed by atoms with E-state index in [0.29, 0.717) is 48.2 Å². The monoisotopic (exact) mass is 644 g/mol. The molecule has 1 atom stereocenters. The summed E-state index contributed by atoms with van der Waals surface area (Å²) in [7, 11) is -4.45. The topological polar surface area (TPSA) is 67.6 Å². The first-order valence-electron chi connectivity index (χ1n) is 14.2. The van der Waals surface area contributed by atoms with Crippen LogP contribution in [0.15, 0.2) is 65.6 Å². The predicted molar refractivity (Wildman–Crippen MR) is 162 cm³/mol. The van der Waals surface area contributed by atoms with Crippen LogP contribution < -0.4 is 9.21 Å². The minimum Gasteiger partial charge on any atom is -0.362 e. The number of nitrogens with zero attached hydrogens (tertiary/aromatic N) is 4. The maximum absolute atomic E-state index is 14.6. The van der Waals surface area contributed by atoms with Gasteiger partial charge in [0.1, 0.15) is 11.4 Å². The Hall–Kier alpha value is -3.59. The number of fused-ring (bicyclic) bond motifs is 3. The lowest BCUT2D eigenvalue weighted by atomic mass is 9.76. The van der Waals surface area contributed by atoms with Crippen molar-refractivity contribution in [2.45, 2.75) is 48.8 Å². The summed E-state index contributed by atoms with van der Waals surface area (Å²) in [5, 5.41) is 10.2. The molecular weight excluding hydrogens is 616 g/mol. The predicted octanol–water partition coefficient (Wildman–Crippen LogP) is 7.20. The molecule has 12 heteroatoms. The molecule has 3 aliphatic rings. The molecule has 0 N–H and O–H groups in total. The van der Waals surface area contributed by atoms with E-state index in [-0.39, 0.29) is 23.2 Å². The zero-order valence-corrected chi connectivity index (χ0v) is 25.4. The van der Waals surface area contributed by atoms with Gasteiger partial charge in [0.15, 0.2) is 0 Å². The van der Waals surface area contributed by atoms with Crippen LogP contribution in [0.2, 0.25) is 5.02 Å². The number of anilines is 2. The van der Waals surface area contributed by atoms with Crippen molar-refractivity contribution < 1.29 is 26.0 Å². The summed E-state index contributed by atoms with van der Waals surface area (Å²) in [5.74, 6) is -0.500. The summed E-state index contributed by atoms with van der Waals surface area (Å²) >= 11 is 6.27. The molecule has 1 saturated heterocycles. The molecule has 230 valence electrons. The molecule has 1 saturated carbocycles. The maximum atomic E-state index is 14.6. The van der Waals surface area contributed by atoms with E-state index in [0.717, 1.165) is 37.5 Å². The number of hydrogen-bond acceptors (Lipinski definition) is 5. The van der Waals surface area contributed by atoms with E-state index in [1.54, 1.807) is 37.3 Å². The Bertz CT molecular complexity index is 1780. The summed E-state index contributed by atoms with van der Waals surface area (Å²) in [5.41, 5.74) is 0.610. The molecule has 0 spiro atoms. The van der Waals surface area contributed by atoms with E-state index >= 15 is 0 Å². The quantitative estimate of drug-likeness (QED) is 0.217. The van der Waals surface area contributed by atoms with E-state index in [1.165, 1.54) is 16.4 Å². The molecule has 6 nitrogen and oxygen atoms in total. The summed E-state index contributed by atoms with van der Waals surface area (Å²) in [6.07, 6.45) is -0.577. The third-order valence-corrected chi connectivity index (χ3v) is 11.0. The normalized spacial score (nSPS) is 20.4. The summed E-state index contributed by atoms with van der Waals surface area (Å²) in [6, 6.07) is 15.5. The molecule has 0 aromatic heterocycles. The largest absolute Gasteiger partial charge is 0.416 e. The van der Waals surface area contributed by atoms with Crippen LogP contribution in [0.5, 0.6) is 0 Å². The highest BCUT2D eigenvalue weighted by Crippen LogP contribution is 2.44. The molecule has 0 bridgehead atoms. The van der Waals surface area contributed by atoms with Gasteiger partial charge in [0, 0.05) is 25.2 Å². The molecule has 44 heavy (non-hydrogen) atoms. The highest BCUT2D eigenvalue weighted by Gasteiger charge is 2.48. The minimum absolute atomic E-state index is 0.0190. The molecule has 1 aliphatic carbocycles. The van der Waals surface area contributed by atoms with Crippen LogP contribution in [0.1, 0.15) is 42.9 Å². The van der Waals surface area contributed by atoms with Gasteiger partial charge in [-0.25, -0.2) is 12.8 Å². The molecule has 2 aliphatic heterocycles. The molecule has 3 aromatic rings. The average molecular weight is 645 g/mol. The minimum atomic E-state index is -4.72. The van der Waals surface area contributed by atoms with E-state index < -0.39 is 38.0 Å². The standard InChI is InChI=1S/C32H29ClF4N4O2S/c1-21(30-26(33)7-3-8-27(30)34)15-22-9-10-28-29(16-22)41(44(42,43)25-6-2-5-23(17-25)32(35,36)37)19-24-18-39(13-14-40(24)28)31(20-38)11-4-12-31/h2-3,5-10,15-17,24H,4,11-14,18-19H2,1H3/b21-15+/t24-/m0/s1. The Labute approximate surface area is 258 Å². The fourth-order valence-electron chi connectivity index (χ4n) is 6.47. The van der Waals surface area contributed by atoms with Gasteiger partial charge in [0.2, 0.25) is 0 Å². The highest BCUT2D eigenvalue weighted by molar-refractivity contribution is 7.92. The number of piperazine rings is 1. The lowest BCUT2D eigenvalue weighted by Crippen LogP contribution is -2.66. The number of allylic oxidation sites excluding steroid dienone is 1. The molecule has 6 rings (SSSR count). The number of hydrogen-bond donors (Lipinski definition) is 0. The van der Waals surface area contributed by atoms with E-state index in [9.17, 15) is 31.2 Å². The number of alkyl halides is 3. The van der Waals surface area contributed by atoms with E-state index in [4.69, 9.17) is 11.6 Å². The van der Waals surface area contributed by atoms with E-state index in [2.05, 4.69) is 15.9 Å². The second-order valence-electron chi connectivity index (χ2n) is 11.5. The van der Waals surface area contributed by atoms with Crippen molar-refractivity contribution in [3.8, 4) is 6.07 Å². The zero-order valence-electron chi connectivity index (χ0n) is 23.8. The summed E-state index contributed by atoms with van der Waals surface area (Å²) in [6.45, 7) is 3.29. The molecular formula is C32H29ClF4N4O2S. The van der Waals surface area contributed by atoms with Crippen molar-refractivity contribution in [1.82, 2.24) is 4.90 Å². The van der Waals surface area contributed by atoms with Crippen molar-refractivity contribution in [2.24, 2.45) is 0 Å². The smallest absolute Gasteiger partial charge is 0.362 e. The maximum Gasteiger partial charge on any atom is 0.416 e. The molecule has 2 fully saturated rings. The lowest BCUT2D eigenvalue weighted by Gasteiger charge is -2.54. The Morgan fingerprint density at radius 1 is 1.05 bits per heavy atom. The van der Waals surface area contributed by atoms with Crippen LogP contribution in [-0.2, 0) is 16.2 Å². The van der Waals surface area contributed by atoms with Crippen LogP contribution in [0.3, 0.4) is 0 Å². The zero-order chi connectivity index (χ0) is 31.4. The van der Waals surface area contributed by atoms with Gasteiger partial charge in [-0.2, -0.15) is 18.4 Å². The van der Waals surface area contributed by atoms with Crippen molar-refractivity contribution in [3.05, 3.63) is 88.2 Å². The van der Waals surface area contributed by atoms with Gasteiger partial charge < -0.3 is 4.90 Å². The first-order chi connectivity index (χ1) is 20.8. The van der Waals surface area contributed by atoms with Gasteiger partial charge >= 0.3 is 6.18 Å². The Morgan fingerprint density at radius 2 is 1.80 bits per heavy atom. The van der Waals surface area contributed by atoms with Gasteiger partial charge in [-0.15, -0.1) is 0 Å². The lowest BCUT2D eigenvalue weighted by molar-refractivity contribution is -0.137. The molecule has 0 amide bonds. The Kier molecular flexibility index (Phi) is 7.67. The fraction of sp³-hybridized carbons (Fsp3) is 0.344. The van der Waals surface area contributed by atoms with Gasteiger partial charge in [-0.05, 0) is 79.8 Å². The number of nitriles is 1. The first-order valence-corrected chi connectivity index (χ1v) is 16.1. The van der Waals surface area contributed by atoms with Crippen molar-refractivity contribution in [3.63, 3.8) is 0 Å². The highest BCUT2D eigenvalue weighted by atomic mass is 35.5. The van der Waals surface area contributed by atoms with Crippen molar-refractivity contribution in [1.29, 1.82) is 5.26 Å². The van der Waals surface area contributed by atoms with Crippen LogP contribution in [-0.4, -0.2) is 51.1 Å². The third kappa shape index (κ3) is 5.23. The van der Waals surface area contributed by atoms with Gasteiger partial charge in [-0.3, -0.25) is 9.21 Å². The van der Waals surface area contributed by atoms with Crippen LogP contribution >= 0.6 is 11.6 Å². The van der Waals surface area contributed by atoms with Crippen LogP contribution in [0.4, 0.5) is 28.9 Å². The average Bonchev–Trinajstić information content (AvgIpc) is 2.96. The second-order valence-corrected chi connectivity index (χ2v) is 13.8. The SMILES string of the molecule is C/C(=C\c1ccc2c(c1)N(S(=O)(=O)c1cccc(C(F)(F)F)c1)C[C@@H]1CN(C3(C#N)CCC3)CCN21)c1c(F)cccc1Cl. The van der Waals surface area contributed by atoms with Gasteiger partial charge in [-0.1, -0.05) is 35.9 Å². The van der Waals surface area contributed by atoms with E-state index in [1.807, 2.05) is 0 Å². The van der Waals surface area contributed by atoms with Crippen LogP contribution in [0.25, 0.3) is 11.6 Å². The molecule has 0 radical (unpaired) electrons. The number of rotatable bonds is 5. The number of benzene rings is 3. The van der Waals surface area contributed by atoms with Crippen molar-refractivity contribution >= 4 is 44.6 Å². The molecule has 2 heterocycles. The number of halogens is 5. The van der Waals surface area contributed by atoms with Gasteiger partial charge in [0.25, 0.3) is 10.0 Å².